The first-order chi connectivity index (χ1) is 12.6. The van der Waals surface area contributed by atoms with E-state index in [1.807, 2.05) is 6.92 Å². The Bertz CT molecular complexity index is 994. The molecule has 1 aromatic carbocycles. The fourth-order valence-corrected chi connectivity index (χ4v) is 4.78. The van der Waals surface area contributed by atoms with E-state index >= 15 is 0 Å². The minimum absolute atomic E-state index is 0.0756. The minimum Gasteiger partial charge on any atom is -0.438 e. The molecule has 142 valence electrons. The summed E-state index contributed by atoms with van der Waals surface area (Å²) in [5.41, 5.74) is -1.54. The Labute approximate surface area is 158 Å². The molecule has 27 heavy (non-hydrogen) atoms. The molecule has 0 spiro atoms. The fraction of sp³-hybridized carbons (Fsp3) is 0.300. The standard InChI is InChI=1S/C20H21NO5S/c1-14-10-11-16(21-12-14)25-17-18(27(4,23)24)19(2,3)26-20(17,13-22)15-8-6-5-7-9-15/h5-13H,1-4H3. The summed E-state index contributed by atoms with van der Waals surface area (Å²) in [5, 5.41) is 0. The number of benzene rings is 1. The van der Waals surface area contributed by atoms with Crippen LogP contribution in [-0.4, -0.2) is 31.5 Å². The maximum Gasteiger partial charge on any atom is 0.218 e. The van der Waals surface area contributed by atoms with E-state index in [4.69, 9.17) is 9.47 Å². The molecule has 1 aliphatic heterocycles. The molecular formula is C20H21NO5S. The van der Waals surface area contributed by atoms with Crippen LogP contribution in [0.5, 0.6) is 5.88 Å². The summed E-state index contributed by atoms with van der Waals surface area (Å²) >= 11 is 0. The van der Waals surface area contributed by atoms with Crippen LogP contribution in [0.2, 0.25) is 0 Å². The lowest BCUT2D eigenvalue weighted by Crippen LogP contribution is -2.36. The van der Waals surface area contributed by atoms with Crippen molar-refractivity contribution in [1.82, 2.24) is 4.98 Å². The van der Waals surface area contributed by atoms with E-state index in [-0.39, 0.29) is 16.5 Å². The molecule has 0 bridgehead atoms. The molecule has 1 atom stereocenters. The van der Waals surface area contributed by atoms with Crippen LogP contribution in [0.1, 0.15) is 25.0 Å². The number of carbonyl (C=O) groups is 1. The zero-order valence-corrected chi connectivity index (χ0v) is 16.4. The van der Waals surface area contributed by atoms with Crippen molar-refractivity contribution < 1.29 is 22.7 Å². The Morgan fingerprint density at radius 1 is 1.11 bits per heavy atom. The molecule has 0 aliphatic carbocycles. The Hall–Kier alpha value is -2.51. The van der Waals surface area contributed by atoms with E-state index in [1.54, 1.807) is 62.5 Å². The number of carbonyl (C=O) groups excluding carboxylic acids is 1. The highest BCUT2D eigenvalue weighted by atomic mass is 32.2. The average Bonchev–Trinajstić information content (AvgIpc) is 2.85. The van der Waals surface area contributed by atoms with Crippen LogP contribution in [0.25, 0.3) is 0 Å². The van der Waals surface area contributed by atoms with Gasteiger partial charge in [0.2, 0.25) is 11.5 Å². The highest BCUT2D eigenvalue weighted by Crippen LogP contribution is 2.49. The molecule has 6 nitrogen and oxygen atoms in total. The van der Waals surface area contributed by atoms with Crippen LogP contribution in [0.3, 0.4) is 0 Å². The molecule has 0 fully saturated rings. The smallest absolute Gasteiger partial charge is 0.218 e. The lowest BCUT2D eigenvalue weighted by Gasteiger charge is -2.29. The molecule has 0 radical (unpaired) electrons. The Morgan fingerprint density at radius 3 is 2.30 bits per heavy atom. The third-order valence-corrected chi connectivity index (χ3v) is 5.76. The monoisotopic (exact) mass is 387 g/mol. The molecule has 0 saturated heterocycles. The van der Waals surface area contributed by atoms with Gasteiger partial charge in [0, 0.05) is 18.5 Å². The SMILES string of the molecule is Cc1ccc(OC2=C(S(C)(=O)=O)C(C)(C)OC2(C=O)c2ccccc2)nc1. The second-order valence-corrected chi connectivity index (χ2v) is 8.99. The van der Waals surface area contributed by atoms with Crippen molar-refractivity contribution in [2.75, 3.05) is 6.26 Å². The third-order valence-electron chi connectivity index (χ3n) is 4.34. The third kappa shape index (κ3) is 3.40. The van der Waals surface area contributed by atoms with Gasteiger partial charge >= 0.3 is 0 Å². The van der Waals surface area contributed by atoms with Crippen molar-refractivity contribution in [3.05, 3.63) is 70.5 Å². The Morgan fingerprint density at radius 2 is 1.78 bits per heavy atom. The Balaban J connectivity index is 2.29. The number of aromatic nitrogens is 1. The van der Waals surface area contributed by atoms with Gasteiger partial charge in [-0.15, -0.1) is 0 Å². The molecule has 0 saturated carbocycles. The van der Waals surface area contributed by atoms with E-state index in [1.165, 1.54) is 0 Å². The second kappa shape index (κ2) is 6.58. The van der Waals surface area contributed by atoms with Crippen molar-refractivity contribution in [2.45, 2.75) is 32.0 Å². The Kier molecular flexibility index (Phi) is 4.69. The van der Waals surface area contributed by atoms with Crippen molar-refractivity contribution in [1.29, 1.82) is 0 Å². The quantitative estimate of drug-likeness (QED) is 0.734. The molecule has 7 heteroatoms. The highest BCUT2D eigenvalue weighted by molar-refractivity contribution is 7.94. The number of sulfone groups is 1. The minimum atomic E-state index is -3.73. The molecule has 2 aromatic rings. The van der Waals surface area contributed by atoms with Gasteiger partial charge in [-0.1, -0.05) is 36.4 Å². The van der Waals surface area contributed by atoms with Crippen LogP contribution in [0.15, 0.2) is 59.3 Å². The fourth-order valence-electron chi connectivity index (χ4n) is 3.31. The van der Waals surface area contributed by atoms with E-state index in [9.17, 15) is 13.2 Å². The van der Waals surface area contributed by atoms with Gasteiger partial charge in [-0.2, -0.15) is 0 Å². The van der Waals surface area contributed by atoms with E-state index in [0.29, 0.717) is 11.8 Å². The first kappa shape index (κ1) is 19.3. The maximum atomic E-state index is 12.6. The van der Waals surface area contributed by atoms with Crippen LogP contribution < -0.4 is 4.74 Å². The van der Waals surface area contributed by atoms with Gasteiger partial charge in [0.05, 0.1) is 0 Å². The van der Waals surface area contributed by atoms with Crippen LogP contribution in [0.4, 0.5) is 0 Å². The molecule has 3 rings (SSSR count). The summed E-state index contributed by atoms with van der Waals surface area (Å²) in [6, 6.07) is 12.1. The van der Waals surface area contributed by atoms with Crippen LogP contribution >= 0.6 is 0 Å². The van der Waals surface area contributed by atoms with Crippen molar-refractivity contribution >= 4 is 16.1 Å². The van der Waals surface area contributed by atoms with Gasteiger partial charge in [0.1, 0.15) is 10.5 Å². The zero-order valence-electron chi connectivity index (χ0n) is 15.6. The van der Waals surface area contributed by atoms with E-state index in [2.05, 4.69) is 4.98 Å². The summed E-state index contributed by atoms with van der Waals surface area (Å²) in [6.07, 6.45) is 3.25. The number of hydrogen-bond acceptors (Lipinski definition) is 6. The molecule has 0 amide bonds. The average molecular weight is 387 g/mol. The van der Waals surface area contributed by atoms with Gasteiger partial charge in [-0.05, 0) is 31.9 Å². The maximum absolute atomic E-state index is 12.6. The van der Waals surface area contributed by atoms with Crippen LogP contribution in [0, 0.1) is 6.92 Å². The molecular weight excluding hydrogens is 366 g/mol. The highest BCUT2D eigenvalue weighted by Gasteiger charge is 2.57. The van der Waals surface area contributed by atoms with Gasteiger partial charge in [-0.3, -0.25) is 4.79 Å². The van der Waals surface area contributed by atoms with Gasteiger partial charge in [0.25, 0.3) is 0 Å². The van der Waals surface area contributed by atoms with Crippen molar-refractivity contribution in [3.8, 4) is 5.88 Å². The van der Waals surface area contributed by atoms with E-state index < -0.39 is 21.0 Å². The zero-order chi connectivity index (χ0) is 19.9. The predicted molar refractivity (Wildman–Crippen MR) is 101 cm³/mol. The van der Waals surface area contributed by atoms with Gasteiger partial charge < -0.3 is 9.47 Å². The summed E-state index contributed by atoms with van der Waals surface area (Å²) in [7, 11) is -3.73. The van der Waals surface area contributed by atoms with Gasteiger partial charge in [-0.25, -0.2) is 13.4 Å². The summed E-state index contributed by atoms with van der Waals surface area (Å²) in [4.78, 5) is 16.4. The summed E-state index contributed by atoms with van der Waals surface area (Å²) < 4.78 is 37.1. The second-order valence-electron chi connectivity index (χ2n) is 7.04. The number of aryl methyl sites for hydroxylation is 1. The summed E-state index contributed by atoms with van der Waals surface area (Å²) in [5.74, 6) is 0.104. The summed E-state index contributed by atoms with van der Waals surface area (Å²) in [6.45, 7) is 5.08. The largest absolute Gasteiger partial charge is 0.438 e. The molecule has 1 aromatic heterocycles. The number of rotatable bonds is 5. The molecule has 0 N–H and O–H groups in total. The predicted octanol–water partition coefficient (Wildman–Crippen LogP) is 2.93. The lowest BCUT2D eigenvalue weighted by atomic mass is 9.93. The number of aldehydes is 1. The number of ether oxygens (including phenoxy) is 2. The molecule has 1 unspecified atom stereocenters. The first-order valence-corrected chi connectivity index (χ1v) is 10.3. The van der Waals surface area contributed by atoms with Crippen LogP contribution in [-0.2, 0) is 25.0 Å². The number of pyridine rings is 1. The van der Waals surface area contributed by atoms with Crippen molar-refractivity contribution in [3.63, 3.8) is 0 Å². The molecule has 2 heterocycles. The normalized spacial score (nSPS) is 21.9. The van der Waals surface area contributed by atoms with Gasteiger partial charge in [0.15, 0.2) is 21.9 Å². The van der Waals surface area contributed by atoms with E-state index in [0.717, 1.165) is 11.8 Å². The number of hydrogen-bond donors (Lipinski definition) is 0. The molecule has 1 aliphatic rings. The van der Waals surface area contributed by atoms with Crippen molar-refractivity contribution in [2.24, 2.45) is 0 Å². The number of nitrogens with zero attached hydrogens (tertiary/aromatic N) is 1. The lowest BCUT2D eigenvalue weighted by molar-refractivity contribution is -0.139. The topological polar surface area (TPSA) is 82.6 Å². The first-order valence-electron chi connectivity index (χ1n) is 8.38.